The molecule has 1 aliphatic heterocycles. The molecule has 31 heavy (non-hydrogen) atoms. The van der Waals surface area contributed by atoms with Gasteiger partial charge < -0.3 is 34.8 Å². The Kier molecular flexibility index (Phi) is 7.70. The summed E-state index contributed by atoms with van der Waals surface area (Å²) in [5.41, 5.74) is 0.0606. The van der Waals surface area contributed by atoms with Crippen LogP contribution in [0.1, 0.15) is 63.9 Å². The Labute approximate surface area is 182 Å². The Bertz CT molecular complexity index is 796. The molecule has 1 heterocycles. The van der Waals surface area contributed by atoms with Crippen LogP contribution >= 0.6 is 0 Å². The number of aliphatic hydroxyl groups excluding tert-OH is 2. The molecule has 1 saturated heterocycles. The monoisotopic (exact) mass is 439 g/mol. The van der Waals surface area contributed by atoms with Crippen LogP contribution < -0.4 is 10.1 Å². The molecule has 1 amide bonds. The van der Waals surface area contributed by atoms with Crippen molar-refractivity contribution >= 4 is 11.9 Å². The fourth-order valence-electron chi connectivity index (χ4n) is 2.92. The number of hydrogen-bond donors (Lipinski definition) is 4. The number of carbonyl (C=O) groups is 2. The highest BCUT2D eigenvalue weighted by Crippen LogP contribution is 2.28. The molecular weight excluding hydrogens is 406 g/mol. The van der Waals surface area contributed by atoms with Crippen molar-refractivity contribution in [1.82, 2.24) is 5.32 Å². The summed E-state index contributed by atoms with van der Waals surface area (Å²) in [6, 6.07) is 4.89. The number of hydrogen-bond acceptors (Lipinski definition) is 7. The molecule has 1 fully saturated rings. The molecule has 2 rings (SSSR count). The fourth-order valence-corrected chi connectivity index (χ4v) is 2.92. The molecule has 174 valence electrons. The first-order valence-electron chi connectivity index (χ1n) is 10.2. The van der Waals surface area contributed by atoms with Gasteiger partial charge in [0.15, 0.2) is 6.10 Å². The van der Waals surface area contributed by atoms with Crippen LogP contribution in [0.15, 0.2) is 18.2 Å². The van der Waals surface area contributed by atoms with E-state index in [9.17, 15) is 24.9 Å². The minimum absolute atomic E-state index is 0.117. The van der Waals surface area contributed by atoms with Crippen molar-refractivity contribution in [3.05, 3.63) is 29.3 Å². The minimum Gasteiger partial charge on any atom is -0.479 e. The Balaban J connectivity index is 2.31. The van der Waals surface area contributed by atoms with Gasteiger partial charge in [-0.1, -0.05) is 6.07 Å². The van der Waals surface area contributed by atoms with E-state index in [-0.39, 0.29) is 29.9 Å². The molecule has 0 saturated carbocycles. The predicted octanol–water partition coefficient (Wildman–Crippen LogP) is 1.83. The van der Waals surface area contributed by atoms with Crippen molar-refractivity contribution in [3.63, 3.8) is 0 Å². The average molecular weight is 440 g/mol. The van der Waals surface area contributed by atoms with Gasteiger partial charge in [-0.2, -0.15) is 0 Å². The lowest BCUT2D eigenvalue weighted by atomic mass is 10.0. The highest BCUT2D eigenvalue weighted by Gasteiger charge is 2.42. The maximum absolute atomic E-state index is 12.9. The molecule has 0 aromatic heterocycles. The van der Waals surface area contributed by atoms with Gasteiger partial charge in [0, 0.05) is 12.0 Å². The quantitative estimate of drug-likeness (QED) is 0.527. The number of amides is 1. The summed E-state index contributed by atoms with van der Waals surface area (Å²) in [4.78, 5) is 24.2. The van der Waals surface area contributed by atoms with E-state index in [1.165, 1.54) is 0 Å². The molecule has 0 unspecified atom stereocenters. The van der Waals surface area contributed by atoms with E-state index in [0.29, 0.717) is 0 Å². The van der Waals surface area contributed by atoms with Gasteiger partial charge >= 0.3 is 5.97 Å². The number of rotatable bonds is 6. The maximum Gasteiger partial charge on any atom is 0.335 e. The van der Waals surface area contributed by atoms with Gasteiger partial charge in [-0.15, -0.1) is 0 Å². The molecule has 4 N–H and O–H groups in total. The molecule has 1 aromatic rings. The van der Waals surface area contributed by atoms with E-state index in [1.807, 2.05) is 41.5 Å². The lowest BCUT2D eigenvalue weighted by molar-refractivity contribution is -0.237. The Morgan fingerprint density at radius 3 is 2.32 bits per heavy atom. The van der Waals surface area contributed by atoms with E-state index < -0.39 is 42.0 Å². The van der Waals surface area contributed by atoms with Crippen molar-refractivity contribution in [2.45, 2.75) is 90.3 Å². The van der Waals surface area contributed by atoms with Crippen LogP contribution in [0.4, 0.5) is 0 Å². The number of benzene rings is 1. The van der Waals surface area contributed by atoms with Gasteiger partial charge in [-0.3, -0.25) is 4.79 Å². The van der Waals surface area contributed by atoms with E-state index in [0.717, 1.165) is 5.56 Å². The summed E-state index contributed by atoms with van der Waals surface area (Å²) in [6.07, 6.45) is -5.77. The third kappa shape index (κ3) is 7.46. The van der Waals surface area contributed by atoms with Crippen LogP contribution in [0, 0.1) is 0 Å². The van der Waals surface area contributed by atoms with Gasteiger partial charge in [0.2, 0.25) is 6.29 Å². The zero-order valence-corrected chi connectivity index (χ0v) is 18.8. The molecule has 1 aromatic carbocycles. The number of carboxylic acids is 1. The third-order valence-corrected chi connectivity index (χ3v) is 4.36. The van der Waals surface area contributed by atoms with E-state index in [1.54, 1.807) is 18.2 Å². The van der Waals surface area contributed by atoms with E-state index in [2.05, 4.69) is 5.32 Å². The highest BCUT2D eigenvalue weighted by atomic mass is 16.7. The second-order valence-electron chi connectivity index (χ2n) is 9.69. The summed E-state index contributed by atoms with van der Waals surface area (Å²) in [6.45, 7) is 11.6. The molecule has 1 aliphatic rings. The van der Waals surface area contributed by atoms with Crippen LogP contribution in [0.3, 0.4) is 0 Å². The van der Waals surface area contributed by atoms with Crippen LogP contribution in [0.25, 0.3) is 0 Å². The number of carbonyl (C=O) groups excluding carboxylic acids is 1. The van der Waals surface area contributed by atoms with Gasteiger partial charge in [-0.05, 0) is 59.2 Å². The number of carboxylic acid groups (broad SMARTS) is 1. The van der Waals surface area contributed by atoms with Gasteiger partial charge in [0.1, 0.15) is 11.9 Å². The Morgan fingerprint density at radius 1 is 1.13 bits per heavy atom. The second kappa shape index (κ2) is 9.52. The van der Waals surface area contributed by atoms with Crippen LogP contribution in [-0.2, 0) is 20.9 Å². The second-order valence-corrected chi connectivity index (χ2v) is 9.69. The first-order valence-corrected chi connectivity index (χ1v) is 10.2. The van der Waals surface area contributed by atoms with Crippen molar-refractivity contribution in [3.8, 4) is 5.75 Å². The maximum atomic E-state index is 12.9. The van der Waals surface area contributed by atoms with Crippen molar-refractivity contribution in [1.29, 1.82) is 0 Å². The molecule has 0 spiro atoms. The number of aliphatic hydroxyl groups is 2. The zero-order valence-electron chi connectivity index (χ0n) is 18.8. The summed E-state index contributed by atoms with van der Waals surface area (Å²) in [5, 5.41) is 32.1. The first kappa shape index (κ1) is 25.1. The Hall–Kier alpha value is -2.20. The topological polar surface area (TPSA) is 135 Å². The van der Waals surface area contributed by atoms with Gasteiger partial charge in [-0.25, -0.2) is 4.79 Å². The van der Waals surface area contributed by atoms with Gasteiger partial charge in [0.05, 0.1) is 23.9 Å². The molecule has 9 heteroatoms. The fraction of sp³-hybridized carbons (Fsp3) is 0.636. The Morgan fingerprint density at radius 2 is 1.77 bits per heavy atom. The largest absolute Gasteiger partial charge is 0.479 e. The smallest absolute Gasteiger partial charge is 0.335 e. The predicted molar refractivity (Wildman–Crippen MR) is 112 cm³/mol. The molecule has 0 radical (unpaired) electrons. The molecule has 4 atom stereocenters. The lowest BCUT2D eigenvalue weighted by Crippen LogP contribution is -2.52. The summed E-state index contributed by atoms with van der Waals surface area (Å²) >= 11 is 0. The van der Waals surface area contributed by atoms with Gasteiger partial charge in [0.25, 0.3) is 5.91 Å². The summed E-state index contributed by atoms with van der Waals surface area (Å²) in [5.74, 6) is -1.65. The standard InChI is InChI=1S/C22H33NO8/c1-21(2,3)23-18(26)13-9-12(11-29-22(4,5)6)7-8-16(13)30-20-15(25)10-14(24)17(31-20)19(27)28/h7-9,14-15,17,20,24-25H,10-11H2,1-6H3,(H,23,26)(H,27,28)/t14-,15+,17-,20+/m0/s1. The molecule has 9 nitrogen and oxygen atoms in total. The van der Waals surface area contributed by atoms with Crippen molar-refractivity contribution < 1.29 is 39.1 Å². The number of aliphatic carboxylic acids is 1. The SMILES string of the molecule is CC(C)(C)NC(=O)c1cc(COC(C)(C)C)ccc1O[C@@H]1O[C@H](C(=O)O)[C@@H](O)C[C@H]1O. The van der Waals surface area contributed by atoms with Crippen LogP contribution in [0.5, 0.6) is 5.75 Å². The molecular formula is C22H33NO8. The number of nitrogens with one attached hydrogen (secondary N) is 1. The minimum atomic E-state index is -1.54. The lowest BCUT2D eigenvalue weighted by Gasteiger charge is -2.35. The number of ether oxygens (including phenoxy) is 3. The van der Waals surface area contributed by atoms with Crippen LogP contribution in [0.2, 0.25) is 0 Å². The molecule has 0 bridgehead atoms. The zero-order chi connectivity index (χ0) is 23.6. The van der Waals surface area contributed by atoms with Crippen LogP contribution in [-0.4, -0.2) is 62.9 Å². The first-order chi connectivity index (χ1) is 14.2. The van der Waals surface area contributed by atoms with E-state index >= 15 is 0 Å². The highest BCUT2D eigenvalue weighted by molar-refractivity contribution is 5.97. The van der Waals surface area contributed by atoms with E-state index in [4.69, 9.17) is 14.2 Å². The third-order valence-electron chi connectivity index (χ3n) is 4.36. The summed E-state index contributed by atoms with van der Waals surface area (Å²) in [7, 11) is 0. The summed E-state index contributed by atoms with van der Waals surface area (Å²) < 4.78 is 16.8. The normalized spacial score (nSPS) is 24.5. The van der Waals surface area contributed by atoms with Crippen molar-refractivity contribution in [2.75, 3.05) is 0 Å². The molecule has 0 aliphatic carbocycles. The average Bonchev–Trinajstić information content (AvgIpc) is 2.60. The van der Waals surface area contributed by atoms with Crippen molar-refractivity contribution in [2.24, 2.45) is 0 Å².